The highest BCUT2D eigenvalue weighted by Gasteiger charge is 2.39. The minimum Gasteiger partial charge on any atom is -0.307 e. The molecular weight excluding hydrogens is 292 g/mol. The van der Waals surface area contributed by atoms with Crippen LogP contribution < -0.4 is 5.32 Å². The molecule has 0 saturated carbocycles. The van der Waals surface area contributed by atoms with E-state index in [1.54, 1.807) is 6.07 Å². The van der Waals surface area contributed by atoms with Crippen molar-refractivity contribution in [2.45, 2.75) is 18.9 Å². The summed E-state index contributed by atoms with van der Waals surface area (Å²) in [7, 11) is 0. The molecule has 90 valence electrons. The molecule has 0 aromatic carbocycles. The Labute approximate surface area is 98.2 Å². The molecule has 0 bridgehead atoms. The van der Waals surface area contributed by atoms with Crippen molar-refractivity contribution in [3.63, 3.8) is 0 Å². The molecule has 0 aliphatic rings. The van der Waals surface area contributed by atoms with Crippen LogP contribution in [0, 0.1) is 0 Å². The van der Waals surface area contributed by atoms with Gasteiger partial charge in [-0.1, -0.05) is 0 Å². The summed E-state index contributed by atoms with van der Waals surface area (Å²) in [6, 6.07) is 1.67. The molecular formula is C9H9BrF4N2. The van der Waals surface area contributed by atoms with Gasteiger partial charge in [-0.3, -0.25) is 4.98 Å². The van der Waals surface area contributed by atoms with Crippen LogP contribution in [-0.4, -0.2) is 23.9 Å². The average molecular weight is 301 g/mol. The standard InChI is InChI=1S/C9H9BrF4N2/c10-7-1-6(2-15-4-7)3-16-5-9(13,14)8(11)12/h1-2,4,8,16H,3,5H2. The molecule has 0 spiro atoms. The van der Waals surface area contributed by atoms with E-state index in [0.29, 0.717) is 10.0 Å². The van der Waals surface area contributed by atoms with Gasteiger partial charge in [-0.2, -0.15) is 8.78 Å². The number of hydrogen-bond acceptors (Lipinski definition) is 2. The Morgan fingerprint density at radius 3 is 2.62 bits per heavy atom. The van der Waals surface area contributed by atoms with Crippen molar-refractivity contribution in [3.8, 4) is 0 Å². The number of aromatic nitrogens is 1. The Kier molecular flexibility index (Phi) is 4.67. The Hall–Kier alpha value is -0.690. The zero-order valence-electron chi connectivity index (χ0n) is 8.06. The van der Waals surface area contributed by atoms with Crippen LogP contribution in [0.25, 0.3) is 0 Å². The van der Waals surface area contributed by atoms with E-state index in [2.05, 4.69) is 26.2 Å². The molecule has 1 aromatic heterocycles. The van der Waals surface area contributed by atoms with Crippen LogP contribution in [0.1, 0.15) is 5.56 Å². The molecule has 7 heteroatoms. The summed E-state index contributed by atoms with van der Waals surface area (Å²) < 4.78 is 49.3. The number of nitrogens with zero attached hydrogens (tertiary/aromatic N) is 1. The van der Waals surface area contributed by atoms with Crippen LogP contribution in [0.3, 0.4) is 0 Å². The summed E-state index contributed by atoms with van der Waals surface area (Å²) >= 11 is 3.16. The van der Waals surface area contributed by atoms with E-state index in [4.69, 9.17) is 0 Å². The summed E-state index contributed by atoms with van der Waals surface area (Å²) in [5, 5.41) is 2.26. The van der Waals surface area contributed by atoms with Crippen LogP contribution in [0.4, 0.5) is 17.6 Å². The lowest BCUT2D eigenvalue weighted by atomic mass is 10.2. The average Bonchev–Trinajstić information content (AvgIpc) is 2.17. The fraction of sp³-hybridized carbons (Fsp3) is 0.444. The summed E-state index contributed by atoms with van der Waals surface area (Å²) in [5.74, 6) is -4.00. The number of pyridine rings is 1. The molecule has 0 fully saturated rings. The zero-order valence-corrected chi connectivity index (χ0v) is 9.65. The molecule has 0 aliphatic heterocycles. The van der Waals surface area contributed by atoms with E-state index in [-0.39, 0.29) is 6.54 Å². The van der Waals surface area contributed by atoms with Gasteiger partial charge in [0, 0.05) is 23.4 Å². The van der Waals surface area contributed by atoms with Crippen molar-refractivity contribution >= 4 is 15.9 Å². The first-order valence-corrected chi connectivity index (χ1v) is 5.17. The van der Waals surface area contributed by atoms with E-state index in [9.17, 15) is 17.6 Å². The van der Waals surface area contributed by atoms with Gasteiger partial charge >= 0.3 is 12.3 Å². The van der Waals surface area contributed by atoms with Gasteiger partial charge in [0.05, 0.1) is 6.54 Å². The number of halogens is 5. The SMILES string of the molecule is FC(F)C(F)(F)CNCc1cncc(Br)c1. The second-order valence-corrected chi connectivity index (χ2v) is 4.09. The number of alkyl halides is 4. The minimum absolute atomic E-state index is 0.0642. The predicted molar refractivity (Wildman–Crippen MR) is 54.6 cm³/mol. The molecule has 16 heavy (non-hydrogen) atoms. The minimum atomic E-state index is -4.00. The Balaban J connectivity index is 2.42. The largest absolute Gasteiger partial charge is 0.319 e. The van der Waals surface area contributed by atoms with Gasteiger partial charge in [-0.15, -0.1) is 0 Å². The van der Waals surface area contributed by atoms with Crippen molar-refractivity contribution in [2.75, 3.05) is 6.54 Å². The smallest absolute Gasteiger partial charge is 0.307 e. The van der Waals surface area contributed by atoms with Gasteiger partial charge in [0.25, 0.3) is 0 Å². The van der Waals surface area contributed by atoms with Crippen molar-refractivity contribution in [1.29, 1.82) is 0 Å². The highest BCUT2D eigenvalue weighted by atomic mass is 79.9. The van der Waals surface area contributed by atoms with Crippen LogP contribution in [-0.2, 0) is 6.54 Å². The van der Waals surface area contributed by atoms with Gasteiger partial charge in [0.15, 0.2) is 0 Å². The maximum Gasteiger partial charge on any atom is 0.319 e. The second-order valence-electron chi connectivity index (χ2n) is 3.18. The molecule has 0 atom stereocenters. The monoisotopic (exact) mass is 300 g/mol. The molecule has 0 unspecified atom stereocenters. The van der Waals surface area contributed by atoms with E-state index in [0.717, 1.165) is 0 Å². The summed E-state index contributed by atoms with van der Waals surface area (Å²) in [4.78, 5) is 3.81. The lowest BCUT2D eigenvalue weighted by Crippen LogP contribution is -2.38. The van der Waals surface area contributed by atoms with E-state index >= 15 is 0 Å². The van der Waals surface area contributed by atoms with Crippen molar-refractivity contribution in [3.05, 3.63) is 28.5 Å². The van der Waals surface area contributed by atoms with Crippen molar-refractivity contribution < 1.29 is 17.6 Å². The maximum absolute atomic E-state index is 12.5. The quantitative estimate of drug-likeness (QED) is 0.846. The fourth-order valence-corrected chi connectivity index (χ4v) is 1.42. The van der Waals surface area contributed by atoms with Gasteiger partial charge < -0.3 is 5.32 Å². The Morgan fingerprint density at radius 2 is 2.06 bits per heavy atom. The number of rotatable bonds is 5. The topological polar surface area (TPSA) is 24.9 Å². The molecule has 1 heterocycles. The third-order valence-electron chi connectivity index (χ3n) is 1.77. The second kappa shape index (κ2) is 5.58. The third-order valence-corrected chi connectivity index (χ3v) is 2.20. The van der Waals surface area contributed by atoms with Crippen LogP contribution in [0.15, 0.2) is 22.9 Å². The summed E-state index contributed by atoms with van der Waals surface area (Å²) in [6.07, 6.45) is -0.643. The first-order valence-electron chi connectivity index (χ1n) is 4.38. The van der Waals surface area contributed by atoms with Gasteiger partial charge in [0.1, 0.15) is 0 Å². The molecule has 1 rings (SSSR count). The summed E-state index contributed by atoms with van der Waals surface area (Å²) in [6.45, 7) is -0.994. The van der Waals surface area contributed by atoms with E-state index in [1.165, 1.54) is 12.4 Å². The molecule has 0 saturated heterocycles. The highest BCUT2D eigenvalue weighted by Crippen LogP contribution is 2.21. The van der Waals surface area contributed by atoms with Gasteiger partial charge in [-0.05, 0) is 27.6 Å². The normalized spacial score (nSPS) is 12.1. The van der Waals surface area contributed by atoms with Crippen LogP contribution in [0.2, 0.25) is 0 Å². The molecule has 0 radical (unpaired) electrons. The zero-order chi connectivity index (χ0) is 12.2. The molecule has 0 aliphatic carbocycles. The lowest BCUT2D eigenvalue weighted by molar-refractivity contribution is -0.125. The number of hydrogen-bond donors (Lipinski definition) is 1. The molecule has 1 N–H and O–H groups in total. The van der Waals surface area contributed by atoms with Crippen molar-refractivity contribution in [2.24, 2.45) is 0 Å². The summed E-state index contributed by atoms with van der Waals surface area (Å²) in [5.41, 5.74) is 0.638. The highest BCUT2D eigenvalue weighted by molar-refractivity contribution is 9.10. The van der Waals surface area contributed by atoms with Crippen LogP contribution >= 0.6 is 15.9 Å². The molecule has 1 aromatic rings. The maximum atomic E-state index is 12.5. The number of nitrogens with one attached hydrogen (secondary N) is 1. The molecule has 0 amide bonds. The first kappa shape index (κ1) is 13.4. The lowest BCUT2D eigenvalue weighted by Gasteiger charge is -2.15. The third kappa shape index (κ3) is 4.05. The van der Waals surface area contributed by atoms with E-state index in [1.807, 2.05) is 0 Å². The van der Waals surface area contributed by atoms with Crippen LogP contribution in [0.5, 0.6) is 0 Å². The van der Waals surface area contributed by atoms with Gasteiger partial charge in [-0.25, -0.2) is 8.78 Å². The van der Waals surface area contributed by atoms with Gasteiger partial charge in [0.2, 0.25) is 0 Å². The Bertz CT molecular complexity index is 346. The first-order chi connectivity index (χ1) is 7.42. The predicted octanol–water partition coefficient (Wildman–Crippen LogP) is 2.83. The Morgan fingerprint density at radius 1 is 1.38 bits per heavy atom. The molecule has 2 nitrogen and oxygen atoms in total. The fourth-order valence-electron chi connectivity index (χ4n) is 1.00. The van der Waals surface area contributed by atoms with E-state index < -0.39 is 18.9 Å². The van der Waals surface area contributed by atoms with Crippen molar-refractivity contribution in [1.82, 2.24) is 10.3 Å².